The van der Waals surface area contributed by atoms with E-state index >= 15 is 0 Å². The number of rotatable bonds is 3. The van der Waals surface area contributed by atoms with Gasteiger partial charge in [0.25, 0.3) is 0 Å². The Morgan fingerprint density at radius 1 is 1.05 bits per heavy atom. The van der Waals surface area contributed by atoms with Gasteiger partial charge < -0.3 is 5.11 Å². The van der Waals surface area contributed by atoms with Crippen LogP contribution in [0, 0.1) is 9.39 Å². The van der Waals surface area contributed by atoms with E-state index in [2.05, 4.69) is 0 Å². The summed E-state index contributed by atoms with van der Waals surface area (Å²) < 4.78 is 14.0. The van der Waals surface area contributed by atoms with Crippen LogP contribution < -0.4 is 0 Å². The highest BCUT2D eigenvalue weighted by molar-refractivity contribution is 14.1. The zero-order chi connectivity index (χ0) is 14.0. The lowest BCUT2D eigenvalue weighted by molar-refractivity contribution is 0.0696. The highest BCUT2D eigenvalue weighted by Gasteiger charge is 2.17. The minimum atomic E-state index is -1.07. The number of carboxylic acids is 1. The van der Waals surface area contributed by atoms with Crippen LogP contribution in [0.1, 0.15) is 26.3 Å². The van der Waals surface area contributed by atoms with Gasteiger partial charge in [-0.05, 0) is 52.9 Å². The van der Waals surface area contributed by atoms with Crippen molar-refractivity contribution in [3.05, 3.63) is 68.5 Å². The van der Waals surface area contributed by atoms with Gasteiger partial charge in [-0.1, -0.05) is 12.1 Å². The van der Waals surface area contributed by atoms with Gasteiger partial charge in [-0.3, -0.25) is 4.79 Å². The third-order valence-electron chi connectivity index (χ3n) is 2.58. The van der Waals surface area contributed by atoms with Gasteiger partial charge in [0.15, 0.2) is 5.78 Å². The molecule has 0 unspecified atom stereocenters. The molecule has 0 aliphatic rings. The van der Waals surface area contributed by atoms with Crippen LogP contribution in [0.15, 0.2) is 42.5 Å². The Labute approximate surface area is 122 Å². The molecule has 0 fully saturated rings. The van der Waals surface area contributed by atoms with Gasteiger partial charge in [-0.15, -0.1) is 0 Å². The molecular formula is C14H8FIO3. The fraction of sp³-hybridized carbons (Fsp3) is 0. The first kappa shape index (κ1) is 13.7. The normalized spacial score (nSPS) is 10.2. The fourth-order valence-corrected chi connectivity index (χ4v) is 2.38. The van der Waals surface area contributed by atoms with Crippen molar-refractivity contribution in [1.82, 2.24) is 0 Å². The predicted molar refractivity (Wildman–Crippen MR) is 76.0 cm³/mol. The van der Waals surface area contributed by atoms with Crippen LogP contribution in [0.25, 0.3) is 0 Å². The Morgan fingerprint density at radius 3 is 2.32 bits per heavy atom. The molecule has 19 heavy (non-hydrogen) atoms. The number of carboxylic acid groups (broad SMARTS) is 1. The van der Waals surface area contributed by atoms with Gasteiger partial charge in [0.2, 0.25) is 0 Å². The lowest BCUT2D eigenvalue weighted by atomic mass is 10.0. The van der Waals surface area contributed by atoms with Crippen LogP contribution in [0.2, 0.25) is 0 Å². The van der Waals surface area contributed by atoms with Gasteiger partial charge in [0, 0.05) is 9.13 Å². The number of carbonyl (C=O) groups is 2. The molecule has 0 saturated carbocycles. The number of ketones is 1. The minimum absolute atomic E-state index is 0.0245. The molecule has 2 rings (SSSR count). The van der Waals surface area contributed by atoms with E-state index in [1.807, 2.05) is 22.6 Å². The van der Waals surface area contributed by atoms with Gasteiger partial charge in [0.05, 0.1) is 11.1 Å². The summed E-state index contributed by atoms with van der Waals surface area (Å²) in [5.41, 5.74) is 0.355. The van der Waals surface area contributed by atoms with Crippen molar-refractivity contribution in [2.75, 3.05) is 0 Å². The monoisotopic (exact) mass is 370 g/mol. The summed E-state index contributed by atoms with van der Waals surface area (Å²) in [5.74, 6) is -2.12. The number of halogens is 2. The first-order valence-electron chi connectivity index (χ1n) is 5.33. The van der Waals surface area contributed by atoms with E-state index in [0.717, 1.165) is 0 Å². The number of aromatic carboxylic acids is 1. The molecule has 0 saturated heterocycles. The van der Waals surface area contributed by atoms with Crippen LogP contribution in [-0.2, 0) is 0 Å². The summed E-state index contributed by atoms with van der Waals surface area (Å²) in [6, 6.07) is 9.82. The Morgan fingerprint density at radius 2 is 1.74 bits per heavy atom. The fourth-order valence-electron chi connectivity index (χ4n) is 1.62. The van der Waals surface area contributed by atoms with E-state index in [-0.39, 0.29) is 16.7 Å². The van der Waals surface area contributed by atoms with Crippen molar-refractivity contribution >= 4 is 34.3 Å². The highest BCUT2D eigenvalue weighted by Crippen LogP contribution is 2.20. The summed E-state index contributed by atoms with van der Waals surface area (Å²) in [7, 11) is 0. The molecule has 3 nitrogen and oxygen atoms in total. The van der Waals surface area contributed by atoms with Crippen LogP contribution in [-0.4, -0.2) is 16.9 Å². The Balaban J connectivity index is 2.46. The Bertz CT molecular complexity index is 667. The molecule has 2 aromatic rings. The van der Waals surface area contributed by atoms with E-state index in [4.69, 9.17) is 5.11 Å². The molecule has 0 heterocycles. The van der Waals surface area contributed by atoms with Crippen LogP contribution >= 0.6 is 22.6 Å². The number of carbonyl (C=O) groups excluding carboxylic acids is 1. The third kappa shape index (κ3) is 2.81. The second-order valence-corrected chi connectivity index (χ2v) is 4.97. The van der Waals surface area contributed by atoms with Crippen molar-refractivity contribution in [2.45, 2.75) is 0 Å². The molecule has 0 aliphatic carbocycles. The van der Waals surface area contributed by atoms with Crippen molar-refractivity contribution in [3.63, 3.8) is 0 Å². The van der Waals surface area contributed by atoms with Gasteiger partial charge in [0.1, 0.15) is 5.82 Å². The summed E-state index contributed by atoms with van der Waals surface area (Å²) in [4.78, 5) is 23.0. The summed E-state index contributed by atoms with van der Waals surface area (Å²) in [6.45, 7) is 0. The zero-order valence-corrected chi connectivity index (χ0v) is 11.7. The molecule has 0 amide bonds. The molecule has 0 spiro atoms. The third-order valence-corrected chi connectivity index (χ3v) is 3.47. The summed E-state index contributed by atoms with van der Waals surface area (Å²) >= 11 is 1.87. The maximum atomic E-state index is 13.5. The molecule has 0 radical (unpaired) electrons. The lowest BCUT2D eigenvalue weighted by Crippen LogP contribution is -2.07. The summed E-state index contributed by atoms with van der Waals surface area (Å²) in [6.07, 6.45) is 0. The molecule has 0 aliphatic heterocycles. The van der Waals surface area contributed by atoms with E-state index in [1.54, 1.807) is 6.07 Å². The quantitative estimate of drug-likeness (QED) is 0.666. The molecular weight excluding hydrogens is 362 g/mol. The van der Waals surface area contributed by atoms with Gasteiger partial charge in [-0.25, -0.2) is 9.18 Å². The van der Waals surface area contributed by atoms with Gasteiger partial charge in [-0.2, -0.15) is 0 Å². The highest BCUT2D eigenvalue weighted by atomic mass is 127. The number of hydrogen-bond acceptors (Lipinski definition) is 2. The lowest BCUT2D eigenvalue weighted by Gasteiger charge is -2.06. The van der Waals surface area contributed by atoms with Crippen LogP contribution in [0.4, 0.5) is 4.39 Å². The standard InChI is InChI=1S/C14H8FIO3/c15-11-4-2-1-3-9(11)13(17)10-6-5-8(14(18)19)7-12(10)16/h1-7H,(H,18,19). The maximum Gasteiger partial charge on any atom is 0.335 e. The summed E-state index contributed by atoms with van der Waals surface area (Å²) in [5, 5.41) is 8.85. The van der Waals surface area contributed by atoms with Crippen molar-refractivity contribution in [2.24, 2.45) is 0 Å². The van der Waals surface area contributed by atoms with Crippen molar-refractivity contribution < 1.29 is 19.1 Å². The average molecular weight is 370 g/mol. The second kappa shape index (κ2) is 5.48. The smallest absolute Gasteiger partial charge is 0.335 e. The molecule has 0 aromatic heterocycles. The first-order chi connectivity index (χ1) is 9.00. The van der Waals surface area contributed by atoms with E-state index in [9.17, 15) is 14.0 Å². The average Bonchev–Trinajstić information content (AvgIpc) is 2.38. The SMILES string of the molecule is O=C(O)c1ccc(C(=O)c2ccccc2F)c(I)c1. The van der Waals surface area contributed by atoms with E-state index in [0.29, 0.717) is 3.57 Å². The molecule has 1 N–H and O–H groups in total. The minimum Gasteiger partial charge on any atom is -0.478 e. The largest absolute Gasteiger partial charge is 0.478 e. The topological polar surface area (TPSA) is 54.4 Å². The van der Waals surface area contributed by atoms with E-state index < -0.39 is 17.6 Å². The first-order valence-corrected chi connectivity index (χ1v) is 6.40. The number of benzene rings is 2. The van der Waals surface area contributed by atoms with Crippen LogP contribution in [0.5, 0.6) is 0 Å². The van der Waals surface area contributed by atoms with Crippen molar-refractivity contribution in [1.29, 1.82) is 0 Å². The molecule has 5 heteroatoms. The maximum absolute atomic E-state index is 13.5. The Hall–Kier alpha value is -1.76. The predicted octanol–water partition coefficient (Wildman–Crippen LogP) is 3.36. The van der Waals surface area contributed by atoms with Gasteiger partial charge >= 0.3 is 5.97 Å². The molecule has 2 aromatic carbocycles. The van der Waals surface area contributed by atoms with Crippen LogP contribution in [0.3, 0.4) is 0 Å². The van der Waals surface area contributed by atoms with E-state index in [1.165, 1.54) is 36.4 Å². The Kier molecular flexibility index (Phi) is 3.94. The molecule has 0 bridgehead atoms. The van der Waals surface area contributed by atoms with Crippen molar-refractivity contribution in [3.8, 4) is 0 Å². The second-order valence-electron chi connectivity index (χ2n) is 3.81. The molecule has 96 valence electrons. The zero-order valence-electron chi connectivity index (χ0n) is 9.56. The molecule has 0 atom stereocenters. The number of hydrogen-bond donors (Lipinski definition) is 1.